The Kier molecular flexibility index (Phi) is 3.82. The molecular weight excluding hydrogens is 204 g/mol. The number of carbonyl (C=O) groups is 1. The molecular formula is C12H22N2O2. The third-order valence-electron chi connectivity index (χ3n) is 3.78. The van der Waals surface area contributed by atoms with Gasteiger partial charge in [-0.1, -0.05) is 6.42 Å². The number of carbonyl (C=O) groups excluding carboxylic acids is 1. The van der Waals surface area contributed by atoms with Crippen molar-refractivity contribution in [3.63, 3.8) is 0 Å². The summed E-state index contributed by atoms with van der Waals surface area (Å²) < 4.78 is 5.61. The van der Waals surface area contributed by atoms with Crippen LogP contribution < -0.4 is 5.73 Å². The zero-order valence-corrected chi connectivity index (χ0v) is 10.0. The average Bonchev–Trinajstić information content (AvgIpc) is 2.70. The molecule has 1 saturated heterocycles. The average molecular weight is 226 g/mol. The van der Waals surface area contributed by atoms with Gasteiger partial charge in [0.2, 0.25) is 0 Å². The van der Waals surface area contributed by atoms with E-state index in [0.717, 1.165) is 25.3 Å². The SMILES string of the molecule is CN(CC1CCC1)C(=O)[C@@H]1CC[C@H](CN)O1. The Balaban J connectivity index is 1.77. The molecule has 0 radical (unpaired) electrons. The van der Waals surface area contributed by atoms with E-state index in [1.807, 2.05) is 11.9 Å². The number of ether oxygens (including phenoxy) is 1. The number of amides is 1. The standard InChI is InChI=1S/C12H22N2O2/c1-14(8-9-3-2-4-9)12(15)11-6-5-10(7-13)16-11/h9-11H,2-8,13H2,1H3/t10-,11+/m1/s1. The molecule has 1 amide bonds. The van der Waals surface area contributed by atoms with Crippen molar-refractivity contribution in [2.24, 2.45) is 11.7 Å². The van der Waals surface area contributed by atoms with E-state index in [1.165, 1.54) is 19.3 Å². The van der Waals surface area contributed by atoms with Gasteiger partial charge in [-0.3, -0.25) is 4.79 Å². The lowest BCUT2D eigenvalue weighted by Crippen LogP contribution is -2.40. The number of nitrogens with two attached hydrogens (primary N) is 1. The van der Waals surface area contributed by atoms with Gasteiger partial charge in [0.25, 0.3) is 5.91 Å². The van der Waals surface area contributed by atoms with Gasteiger partial charge in [0, 0.05) is 20.1 Å². The van der Waals surface area contributed by atoms with E-state index in [2.05, 4.69) is 0 Å². The van der Waals surface area contributed by atoms with Crippen molar-refractivity contribution in [3.8, 4) is 0 Å². The van der Waals surface area contributed by atoms with E-state index in [9.17, 15) is 4.79 Å². The second-order valence-corrected chi connectivity index (χ2v) is 5.08. The Hall–Kier alpha value is -0.610. The Morgan fingerprint density at radius 3 is 2.62 bits per heavy atom. The lowest BCUT2D eigenvalue weighted by Gasteiger charge is -2.31. The molecule has 0 aromatic rings. The van der Waals surface area contributed by atoms with Crippen molar-refractivity contribution in [3.05, 3.63) is 0 Å². The highest BCUT2D eigenvalue weighted by Crippen LogP contribution is 2.27. The van der Waals surface area contributed by atoms with Gasteiger partial charge in [0.1, 0.15) is 6.10 Å². The molecule has 1 heterocycles. The third kappa shape index (κ3) is 2.55. The van der Waals surface area contributed by atoms with Crippen LogP contribution >= 0.6 is 0 Å². The molecule has 1 aliphatic carbocycles. The Labute approximate surface area is 97.1 Å². The molecule has 4 heteroatoms. The quantitative estimate of drug-likeness (QED) is 0.769. The van der Waals surface area contributed by atoms with Crippen molar-refractivity contribution in [1.29, 1.82) is 0 Å². The summed E-state index contributed by atoms with van der Waals surface area (Å²) in [5, 5.41) is 0. The van der Waals surface area contributed by atoms with Crippen LogP contribution in [0.25, 0.3) is 0 Å². The molecule has 2 N–H and O–H groups in total. The van der Waals surface area contributed by atoms with Gasteiger partial charge in [-0.2, -0.15) is 0 Å². The molecule has 0 aromatic carbocycles. The van der Waals surface area contributed by atoms with Crippen molar-refractivity contribution >= 4 is 5.91 Å². The normalized spacial score (nSPS) is 30.1. The molecule has 1 saturated carbocycles. The fraction of sp³-hybridized carbons (Fsp3) is 0.917. The minimum atomic E-state index is -0.237. The van der Waals surface area contributed by atoms with Gasteiger partial charge in [0.15, 0.2) is 0 Å². The maximum atomic E-state index is 12.0. The topological polar surface area (TPSA) is 55.6 Å². The molecule has 0 unspecified atom stereocenters. The van der Waals surface area contributed by atoms with Gasteiger partial charge in [-0.05, 0) is 31.6 Å². The van der Waals surface area contributed by atoms with E-state index in [4.69, 9.17) is 10.5 Å². The second-order valence-electron chi connectivity index (χ2n) is 5.08. The van der Waals surface area contributed by atoms with Gasteiger partial charge in [-0.25, -0.2) is 0 Å². The Morgan fingerprint density at radius 1 is 1.38 bits per heavy atom. The van der Waals surface area contributed by atoms with Crippen LogP contribution in [0.4, 0.5) is 0 Å². The lowest BCUT2D eigenvalue weighted by atomic mass is 9.85. The first kappa shape index (κ1) is 11.9. The lowest BCUT2D eigenvalue weighted by molar-refractivity contribution is -0.142. The van der Waals surface area contributed by atoms with Crippen LogP contribution in [0.3, 0.4) is 0 Å². The number of nitrogens with zero attached hydrogens (tertiary/aromatic N) is 1. The van der Waals surface area contributed by atoms with Gasteiger partial charge in [-0.15, -0.1) is 0 Å². The van der Waals surface area contributed by atoms with E-state index < -0.39 is 0 Å². The number of hydrogen-bond donors (Lipinski definition) is 1. The predicted octanol–water partition coefficient (Wildman–Crippen LogP) is 0.751. The molecule has 16 heavy (non-hydrogen) atoms. The minimum Gasteiger partial charge on any atom is -0.364 e. The minimum absolute atomic E-state index is 0.0889. The molecule has 0 bridgehead atoms. The smallest absolute Gasteiger partial charge is 0.251 e. The summed E-state index contributed by atoms with van der Waals surface area (Å²) >= 11 is 0. The second kappa shape index (κ2) is 5.15. The maximum absolute atomic E-state index is 12.0. The van der Waals surface area contributed by atoms with Crippen molar-refractivity contribution in [1.82, 2.24) is 4.90 Å². The van der Waals surface area contributed by atoms with Crippen LogP contribution in [0.15, 0.2) is 0 Å². The zero-order chi connectivity index (χ0) is 11.5. The van der Waals surface area contributed by atoms with Crippen molar-refractivity contribution in [2.45, 2.75) is 44.3 Å². The van der Waals surface area contributed by atoms with Crippen molar-refractivity contribution < 1.29 is 9.53 Å². The van der Waals surface area contributed by atoms with Crippen LogP contribution in [0.5, 0.6) is 0 Å². The summed E-state index contributed by atoms with van der Waals surface area (Å²) in [5.74, 6) is 0.864. The summed E-state index contributed by atoms with van der Waals surface area (Å²) in [5.41, 5.74) is 5.53. The molecule has 92 valence electrons. The summed E-state index contributed by atoms with van der Waals surface area (Å²) in [7, 11) is 1.89. The predicted molar refractivity (Wildman–Crippen MR) is 61.9 cm³/mol. The molecule has 1 aliphatic heterocycles. The Morgan fingerprint density at radius 2 is 2.12 bits per heavy atom. The fourth-order valence-corrected chi connectivity index (χ4v) is 2.46. The van der Waals surface area contributed by atoms with E-state index in [1.54, 1.807) is 0 Å². The number of rotatable bonds is 4. The molecule has 2 atom stereocenters. The number of hydrogen-bond acceptors (Lipinski definition) is 3. The molecule has 0 aromatic heterocycles. The maximum Gasteiger partial charge on any atom is 0.251 e. The van der Waals surface area contributed by atoms with Crippen LogP contribution in [0.1, 0.15) is 32.1 Å². The molecule has 0 spiro atoms. The van der Waals surface area contributed by atoms with Gasteiger partial charge >= 0.3 is 0 Å². The van der Waals surface area contributed by atoms with Crippen LogP contribution in [0.2, 0.25) is 0 Å². The molecule has 2 rings (SSSR count). The summed E-state index contributed by atoms with van der Waals surface area (Å²) in [6.07, 6.45) is 5.47. The molecule has 4 nitrogen and oxygen atoms in total. The third-order valence-corrected chi connectivity index (χ3v) is 3.78. The van der Waals surface area contributed by atoms with Crippen molar-refractivity contribution in [2.75, 3.05) is 20.1 Å². The largest absolute Gasteiger partial charge is 0.364 e. The zero-order valence-electron chi connectivity index (χ0n) is 10.0. The van der Waals surface area contributed by atoms with Crippen LogP contribution in [0, 0.1) is 5.92 Å². The van der Waals surface area contributed by atoms with E-state index in [0.29, 0.717) is 6.54 Å². The first-order chi connectivity index (χ1) is 7.70. The number of likely N-dealkylation sites (N-methyl/N-ethyl adjacent to an activating group) is 1. The summed E-state index contributed by atoms with van der Waals surface area (Å²) in [4.78, 5) is 13.9. The highest BCUT2D eigenvalue weighted by Gasteiger charge is 2.32. The first-order valence-corrected chi connectivity index (χ1v) is 6.31. The van der Waals surface area contributed by atoms with Gasteiger partial charge in [0.05, 0.1) is 6.10 Å². The Bertz CT molecular complexity index is 253. The van der Waals surface area contributed by atoms with E-state index in [-0.39, 0.29) is 18.1 Å². The van der Waals surface area contributed by atoms with E-state index >= 15 is 0 Å². The molecule has 2 aliphatic rings. The fourth-order valence-electron chi connectivity index (χ4n) is 2.46. The monoisotopic (exact) mass is 226 g/mol. The van der Waals surface area contributed by atoms with Crippen LogP contribution in [-0.2, 0) is 9.53 Å². The summed E-state index contributed by atoms with van der Waals surface area (Å²) in [6.45, 7) is 1.42. The molecule has 2 fully saturated rings. The van der Waals surface area contributed by atoms with Crippen LogP contribution in [-0.4, -0.2) is 43.2 Å². The highest BCUT2D eigenvalue weighted by molar-refractivity contribution is 5.81. The summed E-state index contributed by atoms with van der Waals surface area (Å²) in [6, 6.07) is 0. The first-order valence-electron chi connectivity index (χ1n) is 6.31. The highest BCUT2D eigenvalue weighted by atomic mass is 16.5. The van der Waals surface area contributed by atoms with Gasteiger partial charge < -0.3 is 15.4 Å².